The third-order valence-electron chi connectivity index (χ3n) is 3.71. The van der Waals surface area contributed by atoms with Gasteiger partial charge in [0, 0.05) is 10.9 Å². The van der Waals surface area contributed by atoms with Gasteiger partial charge >= 0.3 is 0 Å². The van der Waals surface area contributed by atoms with E-state index in [4.69, 9.17) is 0 Å². The first-order valence-electron chi connectivity index (χ1n) is 7.19. The van der Waals surface area contributed by atoms with Crippen LogP contribution in [0.3, 0.4) is 0 Å². The Morgan fingerprint density at radius 2 is 2.00 bits per heavy atom. The molecule has 0 aromatic heterocycles. The Morgan fingerprint density at radius 3 is 2.78 bits per heavy atom. The van der Waals surface area contributed by atoms with Crippen LogP contribution in [0.25, 0.3) is 0 Å². The zero-order valence-corrected chi connectivity index (χ0v) is 12.5. The summed E-state index contributed by atoms with van der Waals surface area (Å²) in [5, 5.41) is 3.68. The second-order valence-corrected chi connectivity index (χ2v) is 6.54. The van der Waals surface area contributed by atoms with Crippen molar-refractivity contribution in [3.63, 3.8) is 0 Å². The average Bonchev–Trinajstić information content (AvgIpc) is 2.86. The van der Waals surface area contributed by atoms with E-state index in [-0.39, 0.29) is 0 Å². The fourth-order valence-corrected chi connectivity index (χ4v) is 3.63. The van der Waals surface area contributed by atoms with E-state index in [1.807, 2.05) is 11.8 Å². The minimum atomic E-state index is 0.815. The molecule has 1 aliphatic rings. The van der Waals surface area contributed by atoms with Crippen LogP contribution in [-0.2, 0) is 0 Å². The molecule has 0 atom stereocenters. The third-order valence-corrected chi connectivity index (χ3v) is 4.95. The molecule has 18 heavy (non-hydrogen) atoms. The van der Waals surface area contributed by atoms with Gasteiger partial charge in [0.05, 0.1) is 0 Å². The summed E-state index contributed by atoms with van der Waals surface area (Å²) >= 11 is 2.00. The van der Waals surface area contributed by atoms with Crippen molar-refractivity contribution in [1.29, 1.82) is 0 Å². The predicted molar refractivity (Wildman–Crippen MR) is 81.5 cm³/mol. The van der Waals surface area contributed by atoms with Crippen molar-refractivity contribution in [3.8, 4) is 0 Å². The van der Waals surface area contributed by atoms with Crippen molar-refractivity contribution in [2.75, 3.05) is 12.3 Å². The van der Waals surface area contributed by atoms with Crippen LogP contribution >= 0.6 is 11.8 Å². The quantitative estimate of drug-likeness (QED) is 0.606. The summed E-state index contributed by atoms with van der Waals surface area (Å²) in [5.41, 5.74) is 2.78. The van der Waals surface area contributed by atoms with Gasteiger partial charge in [-0.05, 0) is 57.0 Å². The number of benzene rings is 1. The highest BCUT2D eigenvalue weighted by molar-refractivity contribution is 7.99. The van der Waals surface area contributed by atoms with Crippen molar-refractivity contribution in [1.82, 2.24) is 5.32 Å². The largest absolute Gasteiger partial charge is 0.314 e. The Kier molecular flexibility index (Phi) is 5.58. The molecule has 0 saturated heterocycles. The monoisotopic (exact) mass is 263 g/mol. The number of aryl methyl sites for hydroxylation is 2. The Labute approximate surface area is 116 Å². The predicted octanol–water partition coefficient (Wildman–Crippen LogP) is 4.32. The number of rotatable bonds is 6. The van der Waals surface area contributed by atoms with Crippen molar-refractivity contribution in [2.24, 2.45) is 0 Å². The second kappa shape index (κ2) is 7.20. The van der Waals surface area contributed by atoms with Gasteiger partial charge < -0.3 is 5.32 Å². The van der Waals surface area contributed by atoms with Crippen LogP contribution in [0.5, 0.6) is 0 Å². The fraction of sp³-hybridized carbons (Fsp3) is 0.625. The van der Waals surface area contributed by atoms with Crippen molar-refractivity contribution in [3.05, 3.63) is 29.3 Å². The average molecular weight is 263 g/mol. The summed E-state index contributed by atoms with van der Waals surface area (Å²) in [4.78, 5) is 1.45. The van der Waals surface area contributed by atoms with E-state index in [1.165, 1.54) is 60.4 Å². The van der Waals surface area contributed by atoms with E-state index in [2.05, 4.69) is 37.4 Å². The van der Waals surface area contributed by atoms with E-state index in [1.54, 1.807) is 0 Å². The van der Waals surface area contributed by atoms with Gasteiger partial charge in [0.15, 0.2) is 0 Å². The summed E-state index contributed by atoms with van der Waals surface area (Å²) in [6, 6.07) is 7.55. The molecule has 100 valence electrons. The molecule has 0 bridgehead atoms. The molecule has 1 saturated carbocycles. The SMILES string of the molecule is Cc1ccc(C)c(SCCCNC2CCCC2)c1. The van der Waals surface area contributed by atoms with E-state index >= 15 is 0 Å². The van der Waals surface area contributed by atoms with Gasteiger partial charge in [0.25, 0.3) is 0 Å². The van der Waals surface area contributed by atoms with Gasteiger partial charge in [-0.25, -0.2) is 0 Å². The van der Waals surface area contributed by atoms with Gasteiger partial charge in [-0.15, -0.1) is 11.8 Å². The Bertz CT molecular complexity index is 369. The molecule has 0 spiro atoms. The molecule has 2 heteroatoms. The first-order chi connectivity index (χ1) is 8.75. The van der Waals surface area contributed by atoms with Gasteiger partial charge in [-0.2, -0.15) is 0 Å². The van der Waals surface area contributed by atoms with Crippen LogP contribution in [0.15, 0.2) is 23.1 Å². The van der Waals surface area contributed by atoms with Crippen molar-refractivity contribution >= 4 is 11.8 Å². The summed E-state index contributed by atoms with van der Waals surface area (Å²) in [6.45, 7) is 5.56. The lowest BCUT2D eigenvalue weighted by molar-refractivity contribution is 0.525. The molecule has 1 fully saturated rings. The molecule has 1 aromatic carbocycles. The van der Waals surface area contributed by atoms with Gasteiger partial charge in [0.1, 0.15) is 0 Å². The zero-order chi connectivity index (χ0) is 12.8. The maximum atomic E-state index is 3.68. The van der Waals surface area contributed by atoms with Crippen LogP contribution in [0.2, 0.25) is 0 Å². The molecule has 1 aliphatic carbocycles. The van der Waals surface area contributed by atoms with Crippen LogP contribution in [0, 0.1) is 13.8 Å². The Morgan fingerprint density at radius 1 is 1.22 bits per heavy atom. The van der Waals surface area contributed by atoms with Gasteiger partial charge in [0.2, 0.25) is 0 Å². The first-order valence-corrected chi connectivity index (χ1v) is 8.18. The highest BCUT2D eigenvalue weighted by Gasteiger charge is 2.13. The molecule has 1 aromatic rings. The van der Waals surface area contributed by atoms with Crippen LogP contribution in [-0.4, -0.2) is 18.3 Å². The normalized spacial score (nSPS) is 16.3. The van der Waals surface area contributed by atoms with E-state index in [0.717, 1.165) is 6.04 Å². The third kappa shape index (κ3) is 4.33. The molecule has 0 aliphatic heterocycles. The first kappa shape index (κ1) is 14.0. The highest BCUT2D eigenvalue weighted by atomic mass is 32.2. The van der Waals surface area contributed by atoms with Crippen molar-refractivity contribution in [2.45, 2.75) is 56.9 Å². The summed E-state index contributed by atoms with van der Waals surface area (Å²) < 4.78 is 0. The van der Waals surface area contributed by atoms with Crippen LogP contribution in [0.4, 0.5) is 0 Å². The summed E-state index contributed by atoms with van der Waals surface area (Å²) in [5.74, 6) is 1.23. The number of hydrogen-bond donors (Lipinski definition) is 1. The topological polar surface area (TPSA) is 12.0 Å². The molecule has 0 heterocycles. The van der Waals surface area contributed by atoms with E-state index in [0.29, 0.717) is 0 Å². The maximum absolute atomic E-state index is 3.68. The zero-order valence-electron chi connectivity index (χ0n) is 11.7. The van der Waals surface area contributed by atoms with Crippen LogP contribution < -0.4 is 5.32 Å². The van der Waals surface area contributed by atoms with Crippen molar-refractivity contribution < 1.29 is 0 Å². The Hall–Kier alpha value is -0.470. The van der Waals surface area contributed by atoms with Crippen LogP contribution in [0.1, 0.15) is 43.2 Å². The molecule has 2 rings (SSSR count). The molecular formula is C16H25NS. The molecule has 0 radical (unpaired) electrons. The lowest BCUT2D eigenvalue weighted by Crippen LogP contribution is -2.27. The maximum Gasteiger partial charge on any atom is 0.0104 e. The van der Waals surface area contributed by atoms with Gasteiger partial charge in [-0.1, -0.05) is 30.5 Å². The molecule has 1 nitrogen and oxygen atoms in total. The molecule has 1 N–H and O–H groups in total. The highest BCUT2D eigenvalue weighted by Crippen LogP contribution is 2.24. The minimum Gasteiger partial charge on any atom is -0.314 e. The lowest BCUT2D eigenvalue weighted by atomic mass is 10.2. The van der Waals surface area contributed by atoms with E-state index in [9.17, 15) is 0 Å². The standard InChI is InChI=1S/C16H25NS/c1-13-8-9-14(2)16(12-13)18-11-5-10-17-15-6-3-4-7-15/h8-9,12,15,17H,3-7,10-11H2,1-2H3. The Balaban J connectivity index is 1.64. The number of thioether (sulfide) groups is 1. The number of nitrogens with one attached hydrogen (secondary N) is 1. The molecular weight excluding hydrogens is 238 g/mol. The molecule has 0 unspecified atom stereocenters. The second-order valence-electron chi connectivity index (χ2n) is 5.41. The smallest absolute Gasteiger partial charge is 0.0104 e. The lowest BCUT2D eigenvalue weighted by Gasteiger charge is -2.11. The minimum absolute atomic E-state index is 0.815. The summed E-state index contributed by atoms with van der Waals surface area (Å²) in [7, 11) is 0. The number of hydrogen-bond acceptors (Lipinski definition) is 2. The van der Waals surface area contributed by atoms with Gasteiger partial charge in [-0.3, -0.25) is 0 Å². The van der Waals surface area contributed by atoms with E-state index < -0.39 is 0 Å². The fourth-order valence-electron chi connectivity index (χ4n) is 2.55. The summed E-state index contributed by atoms with van der Waals surface area (Å²) in [6.07, 6.45) is 6.91. The molecule has 0 amide bonds.